The van der Waals surface area contributed by atoms with E-state index in [4.69, 9.17) is 4.42 Å². The summed E-state index contributed by atoms with van der Waals surface area (Å²) >= 11 is 0. The summed E-state index contributed by atoms with van der Waals surface area (Å²) in [6.07, 6.45) is 11.1. The van der Waals surface area contributed by atoms with Crippen molar-refractivity contribution in [2.75, 3.05) is 32.7 Å². The predicted octanol–water partition coefficient (Wildman–Crippen LogP) is 4.15. The zero-order chi connectivity index (χ0) is 20.2. The van der Waals surface area contributed by atoms with Crippen LogP contribution in [0.25, 0.3) is 11.1 Å². The molecule has 2 aromatic rings. The lowest BCUT2D eigenvalue weighted by Crippen LogP contribution is -2.50. The first kappa shape index (κ1) is 25.7. The Morgan fingerprint density at radius 1 is 1.03 bits per heavy atom. The number of hydrogen-bond acceptors (Lipinski definition) is 5. The molecule has 0 unspecified atom stereocenters. The molecule has 1 saturated carbocycles. The molecule has 1 aliphatic carbocycles. The van der Waals surface area contributed by atoms with Gasteiger partial charge in [-0.1, -0.05) is 31.4 Å². The van der Waals surface area contributed by atoms with Crippen molar-refractivity contribution in [1.29, 1.82) is 0 Å². The normalized spacial score (nSPS) is 18.7. The summed E-state index contributed by atoms with van der Waals surface area (Å²) in [4.78, 5) is 28.8. The minimum Gasteiger partial charge on any atom is -0.408 e. The van der Waals surface area contributed by atoms with Crippen molar-refractivity contribution in [2.24, 2.45) is 0 Å². The van der Waals surface area contributed by atoms with Crippen molar-refractivity contribution < 1.29 is 9.21 Å². The number of fused-ring (bicyclic) bond motifs is 1. The monoisotopic (exact) mass is 469 g/mol. The SMILES string of the molecule is CC(=O)c1ccc2c(c1)oc(=O)n2C/C=C/CN1CCN(C2CCCCC2)CC1.Cl.Cl. The van der Waals surface area contributed by atoms with Crippen LogP contribution in [-0.4, -0.2) is 58.9 Å². The topological polar surface area (TPSA) is 58.7 Å². The van der Waals surface area contributed by atoms with Crippen LogP contribution >= 0.6 is 24.8 Å². The van der Waals surface area contributed by atoms with Gasteiger partial charge in [-0.05, 0) is 38.0 Å². The van der Waals surface area contributed by atoms with Crippen molar-refractivity contribution in [1.82, 2.24) is 14.4 Å². The maximum atomic E-state index is 12.2. The predicted molar refractivity (Wildman–Crippen MR) is 129 cm³/mol. The lowest BCUT2D eigenvalue weighted by molar-refractivity contribution is 0.0846. The average molecular weight is 470 g/mol. The van der Waals surface area contributed by atoms with E-state index in [0.717, 1.165) is 31.2 Å². The van der Waals surface area contributed by atoms with E-state index in [1.165, 1.54) is 52.1 Å². The number of carbonyl (C=O) groups excluding carboxylic acids is 1. The van der Waals surface area contributed by atoms with E-state index in [1.807, 2.05) is 6.08 Å². The molecule has 31 heavy (non-hydrogen) atoms. The largest absolute Gasteiger partial charge is 0.420 e. The highest BCUT2D eigenvalue weighted by Crippen LogP contribution is 2.23. The van der Waals surface area contributed by atoms with E-state index in [1.54, 1.807) is 22.8 Å². The Bertz CT molecular complexity index is 939. The quantitative estimate of drug-likeness (QED) is 0.469. The Kier molecular flexibility index (Phi) is 9.82. The number of Topliss-reactive ketones (excluding diaryl/α,β-unsaturated/α-hetero) is 1. The second-order valence-electron chi connectivity index (χ2n) is 8.32. The maximum Gasteiger partial charge on any atom is 0.420 e. The van der Waals surface area contributed by atoms with Gasteiger partial charge in [-0.3, -0.25) is 19.2 Å². The number of benzene rings is 1. The molecule has 0 spiro atoms. The molecular weight excluding hydrogens is 437 g/mol. The first-order valence-corrected chi connectivity index (χ1v) is 10.9. The second kappa shape index (κ2) is 11.9. The van der Waals surface area contributed by atoms with Gasteiger partial charge in [0.1, 0.15) is 0 Å². The highest BCUT2D eigenvalue weighted by Gasteiger charge is 2.24. The Morgan fingerprint density at radius 3 is 2.39 bits per heavy atom. The van der Waals surface area contributed by atoms with Gasteiger partial charge in [0.2, 0.25) is 0 Å². The number of nitrogens with zero attached hydrogens (tertiary/aromatic N) is 3. The van der Waals surface area contributed by atoms with Crippen molar-refractivity contribution in [3.8, 4) is 0 Å². The van der Waals surface area contributed by atoms with Gasteiger partial charge in [0.15, 0.2) is 11.4 Å². The highest BCUT2D eigenvalue weighted by atomic mass is 35.5. The highest BCUT2D eigenvalue weighted by molar-refractivity contribution is 5.96. The summed E-state index contributed by atoms with van der Waals surface area (Å²) in [7, 11) is 0. The number of carbonyl (C=O) groups is 1. The molecule has 2 aliphatic rings. The van der Waals surface area contributed by atoms with E-state index in [-0.39, 0.29) is 36.4 Å². The van der Waals surface area contributed by atoms with Crippen LogP contribution in [0.2, 0.25) is 0 Å². The number of hydrogen-bond donors (Lipinski definition) is 0. The minimum atomic E-state index is -0.383. The fourth-order valence-electron chi connectivity index (χ4n) is 4.62. The number of piperazine rings is 1. The fourth-order valence-corrected chi connectivity index (χ4v) is 4.62. The Hall–Kier alpha value is -1.60. The Morgan fingerprint density at radius 2 is 1.71 bits per heavy atom. The molecule has 4 rings (SSSR count). The molecule has 1 aliphatic heterocycles. The molecule has 1 aromatic heterocycles. The van der Waals surface area contributed by atoms with Crippen molar-refractivity contribution in [2.45, 2.75) is 51.6 Å². The van der Waals surface area contributed by atoms with Crippen LogP contribution in [0, 0.1) is 0 Å². The summed E-state index contributed by atoms with van der Waals surface area (Å²) in [5, 5.41) is 0. The third-order valence-electron chi connectivity index (χ3n) is 6.39. The average Bonchev–Trinajstić information content (AvgIpc) is 3.06. The number of allylic oxidation sites excluding steroid dienone is 1. The van der Waals surface area contributed by atoms with Crippen LogP contribution in [0.4, 0.5) is 0 Å². The molecule has 0 atom stereocenters. The van der Waals surface area contributed by atoms with Gasteiger partial charge in [-0.2, -0.15) is 0 Å². The van der Waals surface area contributed by atoms with E-state index in [0.29, 0.717) is 17.7 Å². The minimum absolute atomic E-state index is 0. The number of halogens is 2. The van der Waals surface area contributed by atoms with Gasteiger partial charge < -0.3 is 4.42 Å². The number of oxazole rings is 1. The van der Waals surface area contributed by atoms with Crippen LogP contribution < -0.4 is 5.76 Å². The molecule has 8 heteroatoms. The van der Waals surface area contributed by atoms with Crippen molar-refractivity contribution >= 4 is 41.7 Å². The standard InChI is InChI=1S/C23H31N3O3.2ClH/c1-18(27)19-9-10-21-22(17-19)29-23(28)26(21)12-6-5-11-24-13-15-25(16-14-24)20-7-3-2-4-8-20;;/h5-6,9-10,17,20H,2-4,7-8,11-16H2,1H3;2*1H/b6-5+;;. The maximum absolute atomic E-state index is 12.2. The third-order valence-corrected chi connectivity index (χ3v) is 6.39. The number of aromatic nitrogens is 1. The summed E-state index contributed by atoms with van der Waals surface area (Å²) in [5.74, 6) is -0.419. The smallest absolute Gasteiger partial charge is 0.408 e. The fraction of sp³-hybridized carbons (Fsp3) is 0.565. The lowest BCUT2D eigenvalue weighted by Gasteiger charge is -2.40. The molecular formula is C23H33Cl2N3O3. The first-order valence-electron chi connectivity index (χ1n) is 10.9. The molecule has 2 fully saturated rings. The van der Waals surface area contributed by atoms with Crippen LogP contribution in [-0.2, 0) is 6.54 Å². The zero-order valence-corrected chi connectivity index (χ0v) is 19.8. The lowest BCUT2D eigenvalue weighted by atomic mass is 9.94. The van der Waals surface area contributed by atoms with Crippen LogP contribution in [0.1, 0.15) is 49.4 Å². The van der Waals surface area contributed by atoms with E-state index >= 15 is 0 Å². The molecule has 1 saturated heterocycles. The molecule has 0 amide bonds. The molecule has 0 bridgehead atoms. The Balaban J connectivity index is 0.00000171. The molecule has 6 nitrogen and oxygen atoms in total. The third kappa shape index (κ3) is 6.22. The van der Waals surface area contributed by atoms with Crippen molar-refractivity contribution in [3.63, 3.8) is 0 Å². The van der Waals surface area contributed by atoms with Crippen molar-refractivity contribution in [3.05, 3.63) is 46.5 Å². The molecule has 1 aromatic carbocycles. The number of rotatable bonds is 6. The summed E-state index contributed by atoms with van der Waals surface area (Å²) < 4.78 is 6.92. The summed E-state index contributed by atoms with van der Waals surface area (Å²) in [5.41, 5.74) is 1.75. The van der Waals surface area contributed by atoms with Gasteiger partial charge >= 0.3 is 5.76 Å². The first-order chi connectivity index (χ1) is 14.1. The molecule has 0 radical (unpaired) electrons. The second-order valence-corrected chi connectivity index (χ2v) is 8.32. The van der Waals surface area contributed by atoms with Crippen LogP contribution in [0.15, 0.2) is 39.6 Å². The Labute approximate surface area is 196 Å². The summed E-state index contributed by atoms with van der Waals surface area (Å²) in [6, 6.07) is 5.98. The van der Waals surface area contributed by atoms with Crippen LogP contribution in [0.5, 0.6) is 0 Å². The summed E-state index contributed by atoms with van der Waals surface area (Å²) in [6.45, 7) is 7.47. The van der Waals surface area contributed by atoms with Crippen LogP contribution in [0.3, 0.4) is 0 Å². The van der Waals surface area contributed by atoms with E-state index < -0.39 is 0 Å². The van der Waals surface area contributed by atoms with Gasteiger partial charge in [0.05, 0.1) is 5.52 Å². The van der Waals surface area contributed by atoms with E-state index in [2.05, 4.69) is 15.9 Å². The van der Waals surface area contributed by atoms with Gasteiger partial charge in [0.25, 0.3) is 0 Å². The molecule has 0 N–H and O–H groups in total. The van der Waals surface area contributed by atoms with Gasteiger partial charge in [0, 0.05) is 50.9 Å². The van der Waals surface area contributed by atoms with Gasteiger partial charge in [-0.15, -0.1) is 24.8 Å². The molecule has 2 heterocycles. The van der Waals surface area contributed by atoms with E-state index in [9.17, 15) is 9.59 Å². The zero-order valence-electron chi connectivity index (χ0n) is 18.1. The number of ketones is 1. The van der Waals surface area contributed by atoms with Gasteiger partial charge in [-0.25, -0.2) is 4.79 Å². The molecule has 172 valence electrons.